The molecule has 1 aliphatic rings. The first-order valence-corrected chi connectivity index (χ1v) is 3.62. The third-order valence-electron chi connectivity index (χ3n) is 1.81. The number of aliphatic carboxylic acids is 1. The number of primary amides is 1. The summed E-state index contributed by atoms with van der Waals surface area (Å²) >= 11 is 0. The van der Waals surface area contributed by atoms with E-state index in [4.69, 9.17) is 10.8 Å². The first kappa shape index (κ1) is 15.7. The van der Waals surface area contributed by atoms with Crippen LogP contribution in [-0.2, 0) is 4.79 Å². The van der Waals surface area contributed by atoms with E-state index >= 15 is 0 Å². The number of nitrogens with one attached hydrogen (secondary N) is 1. The van der Waals surface area contributed by atoms with E-state index in [2.05, 4.69) is 5.32 Å². The fraction of sp³-hybridized carbons (Fsp3) is 0.667. The molecule has 14 heavy (non-hydrogen) atoms. The zero-order valence-electron chi connectivity index (χ0n) is 7.30. The summed E-state index contributed by atoms with van der Waals surface area (Å²) in [6, 6.07) is -1.50. The molecule has 0 aromatic heterocycles. The molecule has 1 saturated heterocycles. The van der Waals surface area contributed by atoms with Crippen LogP contribution in [0.25, 0.3) is 0 Å². The second-order valence-electron chi connectivity index (χ2n) is 2.59. The molecular weight excluding hydrogens is 233 g/mol. The molecule has 0 radical (unpaired) electrons. The van der Waals surface area contributed by atoms with Crippen molar-refractivity contribution in [1.29, 1.82) is 0 Å². The Morgan fingerprint density at radius 1 is 1.43 bits per heavy atom. The third-order valence-corrected chi connectivity index (χ3v) is 1.81. The number of hydrogen-bond acceptors (Lipinski definition) is 3. The number of urea groups is 1. The van der Waals surface area contributed by atoms with Crippen molar-refractivity contribution < 1.29 is 14.7 Å². The molecule has 0 saturated carbocycles. The summed E-state index contributed by atoms with van der Waals surface area (Å²) in [5.41, 5.74) is 4.99. The second kappa shape index (κ2) is 6.69. The molecule has 0 aromatic carbocycles. The number of piperazine rings is 1. The Bertz CT molecular complexity index is 192. The summed E-state index contributed by atoms with van der Waals surface area (Å²) in [5.74, 6) is -1.03. The molecule has 1 fully saturated rings. The van der Waals surface area contributed by atoms with Gasteiger partial charge in [-0.1, -0.05) is 0 Å². The maximum atomic E-state index is 10.7. The number of carboxylic acid groups (broad SMARTS) is 1. The highest BCUT2D eigenvalue weighted by atomic mass is 35.5. The van der Waals surface area contributed by atoms with Gasteiger partial charge in [0, 0.05) is 19.6 Å². The Morgan fingerprint density at radius 2 is 2.00 bits per heavy atom. The molecule has 1 heterocycles. The topological polar surface area (TPSA) is 95.7 Å². The number of carboxylic acids is 1. The van der Waals surface area contributed by atoms with Crippen LogP contribution in [0.3, 0.4) is 0 Å². The lowest BCUT2D eigenvalue weighted by Gasteiger charge is -2.31. The molecular formula is C6H13Cl2N3O3. The number of nitrogens with two attached hydrogens (primary N) is 1. The van der Waals surface area contributed by atoms with Gasteiger partial charge in [-0.25, -0.2) is 9.59 Å². The predicted molar refractivity (Wildman–Crippen MR) is 55.1 cm³/mol. The lowest BCUT2D eigenvalue weighted by molar-refractivity contribution is -0.142. The van der Waals surface area contributed by atoms with E-state index in [0.717, 1.165) is 4.90 Å². The highest BCUT2D eigenvalue weighted by molar-refractivity contribution is 5.85. The third kappa shape index (κ3) is 3.57. The number of rotatable bonds is 1. The van der Waals surface area contributed by atoms with E-state index in [-0.39, 0.29) is 31.4 Å². The number of carbonyl (C=O) groups is 2. The van der Waals surface area contributed by atoms with Gasteiger partial charge in [0.25, 0.3) is 0 Å². The normalized spacial score (nSPS) is 20.3. The predicted octanol–water partition coefficient (Wildman–Crippen LogP) is -0.733. The molecule has 0 aromatic rings. The van der Waals surface area contributed by atoms with Crippen LogP contribution in [-0.4, -0.2) is 47.7 Å². The quantitative estimate of drug-likeness (QED) is 0.568. The van der Waals surface area contributed by atoms with Crippen molar-refractivity contribution in [1.82, 2.24) is 10.2 Å². The summed E-state index contributed by atoms with van der Waals surface area (Å²) in [4.78, 5) is 22.5. The van der Waals surface area contributed by atoms with Crippen molar-refractivity contribution in [3.63, 3.8) is 0 Å². The standard InChI is InChI=1S/C6H11N3O3.2ClH/c7-6(12)9-2-1-8-3-4(9)5(10)11;;/h4,8H,1-3H2,(H2,7,12)(H,10,11);2*1H. The fourth-order valence-electron chi connectivity index (χ4n) is 1.19. The number of amides is 2. The lowest BCUT2D eigenvalue weighted by atomic mass is 10.2. The highest BCUT2D eigenvalue weighted by Crippen LogP contribution is 2.02. The SMILES string of the molecule is Cl.Cl.NC(=O)N1CCNCC1C(=O)O. The number of halogens is 2. The number of hydrogen-bond donors (Lipinski definition) is 3. The van der Waals surface area contributed by atoms with Crippen LogP contribution in [0, 0.1) is 0 Å². The van der Waals surface area contributed by atoms with E-state index in [1.807, 2.05) is 0 Å². The Kier molecular flexibility index (Phi) is 7.52. The zero-order chi connectivity index (χ0) is 9.14. The highest BCUT2D eigenvalue weighted by Gasteiger charge is 2.30. The first-order valence-electron chi connectivity index (χ1n) is 3.62. The van der Waals surface area contributed by atoms with E-state index < -0.39 is 18.0 Å². The first-order chi connectivity index (χ1) is 5.63. The molecule has 0 aliphatic carbocycles. The molecule has 0 spiro atoms. The van der Waals surface area contributed by atoms with Gasteiger partial charge in [-0.3, -0.25) is 0 Å². The average molecular weight is 246 g/mol. The summed E-state index contributed by atoms with van der Waals surface area (Å²) in [6.45, 7) is 1.21. The van der Waals surface area contributed by atoms with Crippen molar-refractivity contribution in [3.8, 4) is 0 Å². The van der Waals surface area contributed by atoms with E-state index in [1.165, 1.54) is 0 Å². The maximum absolute atomic E-state index is 10.7. The van der Waals surface area contributed by atoms with Crippen molar-refractivity contribution in [2.24, 2.45) is 5.73 Å². The molecule has 1 aliphatic heterocycles. The van der Waals surface area contributed by atoms with Crippen LogP contribution in [0.2, 0.25) is 0 Å². The maximum Gasteiger partial charge on any atom is 0.327 e. The van der Waals surface area contributed by atoms with Crippen molar-refractivity contribution in [2.75, 3.05) is 19.6 Å². The van der Waals surface area contributed by atoms with E-state index in [0.29, 0.717) is 13.1 Å². The lowest BCUT2D eigenvalue weighted by Crippen LogP contribution is -2.58. The smallest absolute Gasteiger partial charge is 0.327 e. The Balaban J connectivity index is 0. The minimum absolute atomic E-state index is 0. The Hall–Kier alpha value is -0.720. The van der Waals surface area contributed by atoms with Crippen LogP contribution in [0.5, 0.6) is 0 Å². The second-order valence-corrected chi connectivity index (χ2v) is 2.59. The van der Waals surface area contributed by atoms with Gasteiger partial charge in [0.15, 0.2) is 0 Å². The molecule has 2 amide bonds. The van der Waals surface area contributed by atoms with Gasteiger partial charge in [-0.05, 0) is 0 Å². The van der Waals surface area contributed by atoms with Crippen molar-refractivity contribution in [3.05, 3.63) is 0 Å². The van der Waals surface area contributed by atoms with Gasteiger partial charge in [-0.15, -0.1) is 24.8 Å². The Morgan fingerprint density at radius 3 is 2.36 bits per heavy atom. The molecule has 4 N–H and O–H groups in total. The van der Waals surface area contributed by atoms with Crippen LogP contribution >= 0.6 is 24.8 Å². The molecule has 1 rings (SSSR count). The van der Waals surface area contributed by atoms with Gasteiger partial charge in [0.2, 0.25) is 0 Å². The van der Waals surface area contributed by atoms with Gasteiger partial charge in [-0.2, -0.15) is 0 Å². The molecule has 6 nitrogen and oxygen atoms in total. The number of nitrogens with zero attached hydrogens (tertiary/aromatic N) is 1. The van der Waals surface area contributed by atoms with Crippen molar-refractivity contribution in [2.45, 2.75) is 6.04 Å². The summed E-state index contributed by atoms with van der Waals surface area (Å²) < 4.78 is 0. The summed E-state index contributed by atoms with van der Waals surface area (Å²) in [5, 5.41) is 11.5. The molecule has 84 valence electrons. The molecule has 1 atom stereocenters. The van der Waals surface area contributed by atoms with E-state index in [9.17, 15) is 9.59 Å². The average Bonchev–Trinajstić information content (AvgIpc) is 2.04. The fourth-order valence-corrected chi connectivity index (χ4v) is 1.19. The van der Waals surface area contributed by atoms with Crippen LogP contribution in [0.1, 0.15) is 0 Å². The van der Waals surface area contributed by atoms with Crippen LogP contribution in [0.4, 0.5) is 4.79 Å². The van der Waals surface area contributed by atoms with E-state index in [1.54, 1.807) is 0 Å². The molecule has 0 bridgehead atoms. The van der Waals surface area contributed by atoms with Gasteiger partial charge >= 0.3 is 12.0 Å². The minimum atomic E-state index is -1.03. The Labute approximate surface area is 93.6 Å². The minimum Gasteiger partial charge on any atom is -0.480 e. The zero-order valence-corrected chi connectivity index (χ0v) is 8.94. The monoisotopic (exact) mass is 245 g/mol. The van der Waals surface area contributed by atoms with Crippen LogP contribution < -0.4 is 11.1 Å². The number of carbonyl (C=O) groups excluding carboxylic acids is 1. The van der Waals surface area contributed by atoms with Gasteiger partial charge < -0.3 is 21.1 Å². The summed E-state index contributed by atoms with van der Waals surface area (Å²) in [6.07, 6.45) is 0. The summed E-state index contributed by atoms with van der Waals surface area (Å²) in [7, 11) is 0. The largest absolute Gasteiger partial charge is 0.480 e. The van der Waals surface area contributed by atoms with Crippen molar-refractivity contribution >= 4 is 36.8 Å². The van der Waals surface area contributed by atoms with Gasteiger partial charge in [0.1, 0.15) is 6.04 Å². The molecule has 1 unspecified atom stereocenters. The molecule has 8 heteroatoms. The van der Waals surface area contributed by atoms with Gasteiger partial charge in [0.05, 0.1) is 0 Å². The van der Waals surface area contributed by atoms with Crippen LogP contribution in [0.15, 0.2) is 0 Å².